The number of aryl methyl sites for hydroxylation is 1. The summed E-state index contributed by atoms with van der Waals surface area (Å²) in [6.45, 7) is 2.28. The highest BCUT2D eigenvalue weighted by Gasteiger charge is 2.33. The first-order chi connectivity index (χ1) is 12.5. The van der Waals surface area contributed by atoms with Crippen molar-refractivity contribution >= 4 is 22.7 Å². The van der Waals surface area contributed by atoms with E-state index >= 15 is 4.39 Å². The molecule has 0 aliphatic carbocycles. The number of piperidine rings is 1. The Labute approximate surface area is 149 Å². The van der Waals surface area contributed by atoms with Crippen LogP contribution >= 0.6 is 0 Å². The molecule has 2 atom stereocenters. The van der Waals surface area contributed by atoms with E-state index in [9.17, 15) is 9.59 Å². The van der Waals surface area contributed by atoms with E-state index in [4.69, 9.17) is 4.74 Å². The highest BCUT2D eigenvalue weighted by molar-refractivity contribution is 6.02. The van der Waals surface area contributed by atoms with Gasteiger partial charge in [0.05, 0.1) is 29.1 Å². The quantitative estimate of drug-likeness (QED) is 0.801. The van der Waals surface area contributed by atoms with Crippen LogP contribution in [0.25, 0.3) is 10.9 Å². The molecular weight excluding hydrogens is 339 g/mol. The van der Waals surface area contributed by atoms with Gasteiger partial charge in [0.25, 0.3) is 0 Å². The van der Waals surface area contributed by atoms with E-state index in [2.05, 4.69) is 15.7 Å². The van der Waals surface area contributed by atoms with Crippen molar-refractivity contribution in [3.8, 4) is 5.75 Å². The first-order valence-electron chi connectivity index (χ1n) is 8.87. The topological polar surface area (TPSA) is 85.2 Å². The maximum Gasteiger partial charge on any atom is 0.235 e. The largest absolute Gasteiger partial charge is 0.490 e. The van der Waals surface area contributed by atoms with Crippen LogP contribution in [0.3, 0.4) is 0 Å². The van der Waals surface area contributed by atoms with Gasteiger partial charge in [-0.15, -0.1) is 0 Å². The van der Waals surface area contributed by atoms with Crippen LogP contribution in [0.15, 0.2) is 12.1 Å². The zero-order valence-corrected chi connectivity index (χ0v) is 14.5. The lowest BCUT2D eigenvalue weighted by Gasteiger charge is -2.19. The van der Waals surface area contributed by atoms with E-state index in [1.54, 1.807) is 23.9 Å². The molecule has 1 aromatic carbocycles. The molecule has 0 radical (unpaired) electrons. The summed E-state index contributed by atoms with van der Waals surface area (Å²) in [7, 11) is 1.71. The second-order valence-electron chi connectivity index (χ2n) is 6.95. The average Bonchev–Trinajstić information content (AvgIpc) is 3.23. The van der Waals surface area contributed by atoms with Crippen molar-refractivity contribution < 1.29 is 18.7 Å². The molecule has 2 aliphatic rings. The zero-order valence-electron chi connectivity index (χ0n) is 14.5. The average molecular weight is 360 g/mol. The van der Waals surface area contributed by atoms with Crippen molar-refractivity contribution in [1.29, 1.82) is 0 Å². The Morgan fingerprint density at radius 1 is 1.35 bits per heavy atom. The van der Waals surface area contributed by atoms with E-state index in [0.29, 0.717) is 35.5 Å². The monoisotopic (exact) mass is 360 g/mol. The first-order valence-corrected chi connectivity index (χ1v) is 8.87. The van der Waals surface area contributed by atoms with Gasteiger partial charge in [0, 0.05) is 25.9 Å². The number of hydrogen-bond donors (Lipinski definition) is 2. The number of aromatic nitrogens is 2. The van der Waals surface area contributed by atoms with Crippen LogP contribution in [0.5, 0.6) is 5.75 Å². The third-order valence-electron chi connectivity index (χ3n) is 5.15. The molecule has 1 unspecified atom stereocenters. The van der Waals surface area contributed by atoms with Gasteiger partial charge in [-0.05, 0) is 31.5 Å². The molecule has 4 rings (SSSR count). The van der Waals surface area contributed by atoms with Crippen molar-refractivity contribution in [1.82, 2.24) is 20.4 Å². The van der Waals surface area contributed by atoms with Crippen molar-refractivity contribution in [2.45, 2.75) is 25.2 Å². The van der Waals surface area contributed by atoms with Gasteiger partial charge < -0.3 is 10.1 Å². The van der Waals surface area contributed by atoms with Crippen LogP contribution in [0.4, 0.5) is 4.39 Å². The minimum atomic E-state index is -0.639. The lowest BCUT2D eigenvalue weighted by Crippen LogP contribution is -2.39. The Bertz CT molecular complexity index is 873. The molecule has 138 valence electrons. The van der Waals surface area contributed by atoms with Crippen molar-refractivity contribution in [2.75, 3.05) is 19.7 Å². The van der Waals surface area contributed by atoms with Crippen LogP contribution in [0.1, 0.15) is 30.9 Å². The molecule has 2 saturated heterocycles. The predicted molar refractivity (Wildman–Crippen MR) is 92.3 cm³/mol. The summed E-state index contributed by atoms with van der Waals surface area (Å²) >= 11 is 0. The number of carbonyl (C=O) groups excluding carboxylic acids is 2. The molecule has 2 aliphatic heterocycles. The lowest BCUT2D eigenvalue weighted by molar-refractivity contribution is -0.134. The fourth-order valence-electron chi connectivity index (χ4n) is 3.70. The van der Waals surface area contributed by atoms with E-state index in [1.807, 2.05) is 0 Å². The second kappa shape index (κ2) is 6.68. The normalized spacial score (nSPS) is 23.5. The third-order valence-corrected chi connectivity index (χ3v) is 5.15. The number of ether oxygens (including phenoxy) is 1. The summed E-state index contributed by atoms with van der Waals surface area (Å²) < 4.78 is 22.5. The summed E-state index contributed by atoms with van der Waals surface area (Å²) in [5.41, 5.74) is 0.954. The summed E-state index contributed by atoms with van der Waals surface area (Å²) in [6.07, 6.45) is 1.56. The summed E-state index contributed by atoms with van der Waals surface area (Å²) in [5, 5.41) is 10.2. The van der Waals surface area contributed by atoms with Gasteiger partial charge >= 0.3 is 0 Å². The molecule has 2 fully saturated rings. The summed E-state index contributed by atoms with van der Waals surface area (Å²) in [6, 6.07) is 3.36. The Morgan fingerprint density at radius 2 is 2.19 bits per heavy atom. The standard InChI is InChI=1S/C18H21FN4O3/c1-23-12-3-4-13(26-9-10-6-7-20-8-10)16(19)15(12)17(22-23)11-2-5-14(24)21-18(11)25/h3-4,10-11,20H,2,5-9H2,1H3,(H,21,24,25)/t10-,11?/m1/s1. The molecule has 26 heavy (non-hydrogen) atoms. The summed E-state index contributed by atoms with van der Waals surface area (Å²) in [5.74, 6) is -1.33. The molecule has 8 heteroatoms. The van der Waals surface area contributed by atoms with Gasteiger partial charge in [-0.1, -0.05) is 0 Å². The van der Waals surface area contributed by atoms with Crippen molar-refractivity contribution in [3.63, 3.8) is 0 Å². The van der Waals surface area contributed by atoms with E-state index < -0.39 is 17.6 Å². The van der Waals surface area contributed by atoms with Gasteiger partial charge in [-0.3, -0.25) is 19.6 Å². The van der Waals surface area contributed by atoms with Crippen molar-refractivity contribution in [2.24, 2.45) is 13.0 Å². The minimum absolute atomic E-state index is 0.172. The van der Waals surface area contributed by atoms with Crippen LogP contribution in [0.2, 0.25) is 0 Å². The van der Waals surface area contributed by atoms with Gasteiger partial charge in [0.1, 0.15) is 0 Å². The predicted octanol–water partition coefficient (Wildman–Crippen LogP) is 1.22. The molecule has 1 aromatic heterocycles. The molecule has 3 heterocycles. The van der Waals surface area contributed by atoms with Crippen LogP contribution < -0.4 is 15.4 Å². The molecular formula is C18H21FN4O3. The fourth-order valence-corrected chi connectivity index (χ4v) is 3.70. The third kappa shape index (κ3) is 2.94. The van der Waals surface area contributed by atoms with Crippen LogP contribution in [0, 0.1) is 11.7 Å². The molecule has 7 nitrogen and oxygen atoms in total. The number of imide groups is 1. The van der Waals surface area contributed by atoms with E-state index in [1.165, 1.54) is 0 Å². The number of nitrogens with one attached hydrogen (secondary N) is 2. The Morgan fingerprint density at radius 3 is 2.92 bits per heavy atom. The number of rotatable bonds is 4. The van der Waals surface area contributed by atoms with Crippen LogP contribution in [-0.2, 0) is 16.6 Å². The second-order valence-corrected chi connectivity index (χ2v) is 6.95. The smallest absolute Gasteiger partial charge is 0.235 e. The van der Waals surface area contributed by atoms with Gasteiger partial charge in [0.15, 0.2) is 11.6 Å². The van der Waals surface area contributed by atoms with E-state index in [0.717, 1.165) is 19.5 Å². The van der Waals surface area contributed by atoms with Gasteiger partial charge in [-0.2, -0.15) is 5.10 Å². The Hall–Kier alpha value is -2.48. The number of nitrogens with zero attached hydrogens (tertiary/aromatic N) is 2. The van der Waals surface area contributed by atoms with Gasteiger partial charge in [-0.25, -0.2) is 4.39 Å². The molecule has 0 spiro atoms. The zero-order chi connectivity index (χ0) is 18.3. The highest BCUT2D eigenvalue weighted by atomic mass is 19.1. The van der Waals surface area contributed by atoms with Crippen LogP contribution in [-0.4, -0.2) is 41.3 Å². The number of halogens is 1. The SMILES string of the molecule is Cn1nc(C2CCC(=O)NC2=O)c2c(F)c(OC[C@@H]3CCNC3)ccc21. The first kappa shape index (κ1) is 17.0. The van der Waals surface area contributed by atoms with Crippen molar-refractivity contribution in [3.05, 3.63) is 23.6 Å². The van der Waals surface area contributed by atoms with Gasteiger partial charge in [0.2, 0.25) is 11.8 Å². The molecule has 2 aromatic rings. The number of amides is 2. The lowest BCUT2D eigenvalue weighted by atomic mass is 9.92. The maximum atomic E-state index is 15.2. The maximum absolute atomic E-state index is 15.2. The fraction of sp³-hybridized carbons (Fsp3) is 0.500. The number of fused-ring (bicyclic) bond motifs is 1. The molecule has 2 N–H and O–H groups in total. The number of benzene rings is 1. The Kier molecular flexibility index (Phi) is 4.36. The highest BCUT2D eigenvalue weighted by Crippen LogP contribution is 2.35. The minimum Gasteiger partial charge on any atom is -0.490 e. The molecule has 0 saturated carbocycles. The summed E-state index contributed by atoms with van der Waals surface area (Å²) in [4.78, 5) is 23.6. The number of carbonyl (C=O) groups is 2. The van der Waals surface area contributed by atoms with E-state index in [-0.39, 0.29) is 18.1 Å². The Balaban J connectivity index is 1.68. The number of hydrogen-bond acceptors (Lipinski definition) is 5. The molecule has 2 amide bonds. The molecule has 0 bridgehead atoms.